The lowest BCUT2D eigenvalue weighted by atomic mass is 9.99. The maximum atomic E-state index is 9.62. The van der Waals surface area contributed by atoms with Crippen molar-refractivity contribution in [3.05, 3.63) is 12.7 Å². The van der Waals surface area contributed by atoms with E-state index >= 15 is 0 Å². The van der Waals surface area contributed by atoms with Crippen molar-refractivity contribution in [1.29, 1.82) is 0 Å². The summed E-state index contributed by atoms with van der Waals surface area (Å²) in [4.78, 5) is 0. The number of hydrogen-bond acceptors (Lipinski definition) is 6. The van der Waals surface area contributed by atoms with Gasteiger partial charge in [0.15, 0.2) is 6.29 Å². The van der Waals surface area contributed by atoms with E-state index in [4.69, 9.17) is 14.6 Å². The summed E-state index contributed by atoms with van der Waals surface area (Å²) < 4.78 is 10.4. The van der Waals surface area contributed by atoms with Gasteiger partial charge < -0.3 is 29.9 Å². The van der Waals surface area contributed by atoms with Crippen LogP contribution in [0, 0.1) is 0 Å². The van der Waals surface area contributed by atoms with E-state index in [-0.39, 0.29) is 0 Å². The third kappa shape index (κ3) is 3.74. The van der Waals surface area contributed by atoms with Gasteiger partial charge in [0.25, 0.3) is 0 Å². The van der Waals surface area contributed by atoms with Crippen molar-refractivity contribution in [3.63, 3.8) is 0 Å². The van der Waals surface area contributed by atoms with Crippen LogP contribution in [-0.2, 0) is 9.47 Å². The number of rotatable bonds is 6. The fourth-order valence-electron chi connectivity index (χ4n) is 1.63. The van der Waals surface area contributed by atoms with Gasteiger partial charge in [0.05, 0.1) is 13.2 Å². The molecule has 0 amide bonds. The highest BCUT2D eigenvalue weighted by Crippen LogP contribution is 2.21. The van der Waals surface area contributed by atoms with Crippen LogP contribution in [0.5, 0.6) is 0 Å². The van der Waals surface area contributed by atoms with Crippen molar-refractivity contribution in [2.45, 2.75) is 43.5 Å². The molecule has 0 saturated carbocycles. The summed E-state index contributed by atoms with van der Waals surface area (Å²) in [6.45, 7) is 3.46. The molecule has 100 valence electrons. The van der Waals surface area contributed by atoms with Crippen LogP contribution in [0.1, 0.15) is 12.8 Å². The van der Waals surface area contributed by atoms with E-state index in [0.717, 1.165) is 12.8 Å². The molecule has 1 fully saturated rings. The second kappa shape index (κ2) is 7.05. The summed E-state index contributed by atoms with van der Waals surface area (Å²) in [6, 6.07) is 0. The maximum Gasteiger partial charge on any atom is 0.186 e. The molecule has 0 spiro atoms. The highest BCUT2D eigenvalue weighted by atomic mass is 16.7. The first-order valence-corrected chi connectivity index (χ1v) is 5.64. The first-order chi connectivity index (χ1) is 8.11. The lowest BCUT2D eigenvalue weighted by Gasteiger charge is -2.39. The highest BCUT2D eigenvalue weighted by molar-refractivity contribution is 4.88. The molecule has 0 aliphatic carbocycles. The molecular weight excluding hydrogens is 228 g/mol. The van der Waals surface area contributed by atoms with E-state index in [1.807, 2.05) is 0 Å². The van der Waals surface area contributed by atoms with Crippen LogP contribution in [0.3, 0.4) is 0 Å². The molecule has 0 radical (unpaired) electrons. The Morgan fingerprint density at radius 2 is 1.88 bits per heavy atom. The zero-order valence-electron chi connectivity index (χ0n) is 9.60. The summed E-state index contributed by atoms with van der Waals surface area (Å²) in [7, 11) is 0. The van der Waals surface area contributed by atoms with E-state index in [1.165, 1.54) is 0 Å². The predicted octanol–water partition coefficient (Wildman–Crippen LogP) is -1.23. The van der Waals surface area contributed by atoms with E-state index in [2.05, 4.69) is 6.58 Å². The summed E-state index contributed by atoms with van der Waals surface area (Å²) in [5.74, 6) is 0. The molecule has 1 heterocycles. The number of aliphatic hydroxyl groups is 4. The molecule has 17 heavy (non-hydrogen) atoms. The van der Waals surface area contributed by atoms with Crippen LogP contribution in [0.25, 0.3) is 0 Å². The third-order valence-electron chi connectivity index (χ3n) is 2.68. The van der Waals surface area contributed by atoms with Crippen LogP contribution >= 0.6 is 0 Å². The largest absolute Gasteiger partial charge is 0.394 e. The van der Waals surface area contributed by atoms with Crippen molar-refractivity contribution in [3.8, 4) is 0 Å². The van der Waals surface area contributed by atoms with Gasteiger partial charge in [-0.1, -0.05) is 6.08 Å². The van der Waals surface area contributed by atoms with Gasteiger partial charge in [-0.2, -0.15) is 0 Å². The minimum absolute atomic E-state index is 0.342. The monoisotopic (exact) mass is 248 g/mol. The molecule has 6 nitrogen and oxygen atoms in total. The minimum Gasteiger partial charge on any atom is -0.394 e. The number of aliphatic hydroxyl groups excluding tert-OH is 4. The molecule has 0 aromatic rings. The fraction of sp³-hybridized carbons (Fsp3) is 0.818. The quantitative estimate of drug-likeness (QED) is 0.347. The fourth-order valence-corrected chi connectivity index (χ4v) is 1.63. The van der Waals surface area contributed by atoms with Crippen molar-refractivity contribution in [2.24, 2.45) is 0 Å². The number of unbranched alkanes of at least 4 members (excludes halogenated alkanes) is 1. The maximum absolute atomic E-state index is 9.62. The number of ether oxygens (including phenoxy) is 2. The topological polar surface area (TPSA) is 99.4 Å². The molecule has 1 aliphatic rings. The molecule has 5 atom stereocenters. The Morgan fingerprint density at radius 1 is 1.18 bits per heavy atom. The molecule has 1 rings (SSSR count). The standard InChI is InChI=1S/C11H20O6/c1-2-3-4-5-16-11-10(15)9(14)8(13)7(6-12)17-11/h2,7-15H,1,3-6H2/t7?,8-,9?,10?,11-/m1/s1. The van der Waals surface area contributed by atoms with Crippen molar-refractivity contribution < 1.29 is 29.9 Å². The molecule has 6 heteroatoms. The summed E-state index contributed by atoms with van der Waals surface area (Å²) in [5, 5.41) is 37.6. The second-order valence-corrected chi connectivity index (χ2v) is 4.00. The van der Waals surface area contributed by atoms with E-state index in [0.29, 0.717) is 6.61 Å². The van der Waals surface area contributed by atoms with E-state index in [9.17, 15) is 15.3 Å². The van der Waals surface area contributed by atoms with Crippen LogP contribution in [-0.4, -0.2) is 64.3 Å². The average molecular weight is 248 g/mol. The smallest absolute Gasteiger partial charge is 0.186 e. The zero-order valence-corrected chi connectivity index (χ0v) is 9.60. The van der Waals surface area contributed by atoms with Crippen LogP contribution < -0.4 is 0 Å². The van der Waals surface area contributed by atoms with Crippen LogP contribution in [0.2, 0.25) is 0 Å². The lowest BCUT2D eigenvalue weighted by molar-refractivity contribution is -0.301. The Balaban J connectivity index is 2.44. The molecule has 0 bridgehead atoms. The Labute approximate surface area is 100 Å². The van der Waals surface area contributed by atoms with Gasteiger partial charge in [-0.25, -0.2) is 0 Å². The number of allylic oxidation sites excluding steroid dienone is 1. The van der Waals surface area contributed by atoms with Gasteiger partial charge in [0.1, 0.15) is 24.4 Å². The van der Waals surface area contributed by atoms with E-state index in [1.54, 1.807) is 6.08 Å². The molecular formula is C11H20O6. The molecule has 3 unspecified atom stereocenters. The second-order valence-electron chi connectivity index (χ2n) is 4.00. The third-order valence-corrected chi connectivity index (χ3v) is 2.68. The Kier molecular flexibility index (Phi) is 6.04. The average Bonchev–Trinajstić information content (AvgIpc) is 2.34. The summed E-state index contributed by atoms with van der Waals surface area (Å²) in [5.41, 5.74) is 0. The SMILES string of the molecule is C=CCCCO[C@@H]1OC(CO)[C@@H](O)C(O)C1O. The Bertz CT molecular complexity index is 232. The van der Waals surface area contributed by atoms with Crippen molar-refractivity contribution in [1.82, 2.24) is 0 Å². The van der Waals surface area contributed by atoms with Crippen LogP contribution in [0.15, 0.2) is 12.7 Å². The van der Waals surface area contributed by atoms with Gasteiger partial charge >= 0.3 is 0 Å². The molecule has 0 aromatic heterocycles. The van der Waals surface area contributed by atoms with Gasteiger partial charge in [-0.15, -0.1) is 6.58 Å². The highest BCUT2D eigenvalue weighted by Gasteiger charge is 2.43. The van der Waals surface area contributed by atoms with Gasteiger partial charge in [0, 0.05) is 0 Å². The zero-order chi connectivity index (χ0) is 12.8. The minimum atomic E-state index is -1.38. The molecule has 1 aliphatic heterocycles. The first-order valence-electron chi connectivity index (χ1n) is 5.64. The summed E-state index contributed by atoms with van der Waals surface area (Å²) in [6.07, 6.45) is -2.76. The van der Waals surface area contributed by atoms with Gasteiger partial charge in [-0.05, 0) is 12.8 Å². The van der Waals surface area contributed by atoms with Gasteiger partial charge in [-0.3, -0.25) is 0 Å². The molecule has 4 N–H and O–H groups in total. The molecule has 1 saturated heterocycles. The molecule has 0 aromatic carbocycles. The van der Waals surface area contributed by atoms with Crippen molar-refractivity contribution >= 4 is 0 Å². The Morgan fingerprint density at radius 3 is 2.47 bits per heavy atom. The summed E-state index contributed by atoms with van der Waals surface area (Å²) >= 11 is 0. The Hall–Kier alpha value is -0.500. The van der Waals surface area contributed by atoms with Gasteiger partial charge in [0.2, 0.25) is 0 Å². The first kappa shape index (κ1) is 14.6. The van der Waals surface area contributed by atoms with Crippen molar-refractivity contribution in [2.75, 3.05) is 13.2 Å². The van der Waals surface area contributed by atoms with E-state index < -0.39 is 37.3 Å². The number of hydrogen-bond donors (Lipinski definition) is 4. The predicted molar refractivity (Wildman–Crippen MR) is 59.2 cm³/mol. The normalized spacial score (nSPS) is 38.0. The van der Waals surface area contributed by atoms with Crippen LogP contribution in [0.4, 0.5) is 0 Å². The lowest BCUT2D eigenvalue weighted by Crippen LogP contribution is -2.59.